The van der Waals surface area contributed by atoms with E-state index in [1.807, 2.05) is 13.8 Å². The lowest BCUT2D eigenvalue weighted by molar-refractivity contribution is -0.123. The van der Waals surface area contributed by atoms with E-state index in [0.29, 0.717) is 18.5 Å². The van der Waals surface area contributed by atoms with E-state index in [1.165, 1.54) is 6.42 Å². The lowest BCUT2D eigenvalue weighted by Crippen LogP contribution is -2.42. The van der Waals surface area contributed by atoms with E-state index in [-0.39, 0.29) is 35.8 Å². The first-order chi connectivity index (χ1) is 10.6. The van der Waals surface area contributed by atoms with Gasteiger partial charge in [0.1, 0.15) is 0 Å². The van der Waals surface area contributed by atoms with Crippen molar-refractivity contribution in [3.05, 3.63) is 0 Å². The van der Waals surface area contributed by atoms with Crippen molar-refractivity contribution in [3.63, 3.8) is 0 Å². The molecule has 0 aliphatic carbocycles. The first-order valence-electron chi connectivity index (χ1n) is 8.45. The van der Waals surface area contributed by atoms with Gasteiger partial charge in [0, 0.05) is 44.1 Å². The molecule has 134 valence electrons. The third kappa shape index (κ3) is 5.77. The summed E-state index contributed by atoms with van der Waals surface area (Å²) in [4.78, 5) is 18.5. The maximum absolute atomic E-state index is 11.5. The van der Waals surface area contributed by atoms with Crippen LogP contribution in [0.5, 0.6) is 0 Å². The Hall–Kier alpha value is -0.570. The van der Waals surface area contributed by atoms with Crippen molar-refractivity contribution < 1.29 is 9.53 Å². The maximum atomic E-state index is 11.5. The number of nitrogens with one attached hydrogen (secondary N) is 2. The van der Waals surface area contributed by atoms with Gasteiger partial charge >= 0.3 is 0 Å². The van der Waals surface area contributed by atoms with Crippen LogP contribution >= 0.6 is 24.0 Å². The molecule has 1 unspecified atom stereocenters. The zero-order valence-corrected chi connectivity index (χ0v) is 16.9. The number of rotatable bonds is 5. The molecule has 0 aromatic carbocycles. The van der Waals surface area contributed by atoms with Crippen molar-refractivity contribution in [2.45, 2.75) is 33.6 Å². The Labute approximate surface area is 156 Å². The highest BCUT2D eigenvalue weighted by Gasteiger charge is 2.42. The normalized spacial score (nSPS) is 24.2. The quantitative estimate of drug-likeness (QED) is 0.295. The van der Waals surface area contributed by atoms with Gasteiger partial charge < -0.3 is 20.3 Å². The predicted octanol–water partition coefficient (Wildman–Crippen LogP) is 1.45. The molecule has 1 atom stereocenters. The van der Waals surface area contributed by atoms with Crippen molar-refractivity contribution in [2.24, 2.45) is 16.3 Å². The van der Waals surface area contributed by atoms with Gasteiger partial charge in [0.25, 0.3) is 0 Å². The monoisotopic (exact) mass is 438 g/mol. The van der Waals surface area contributed by atoms with Crippen LogP contribution in [0, 0.1) is 11.3 Å². The van der Waals surface area contributed by atoms with E-state index in [2.05, 4.69) is 27.4 Å². The van der Waals surface area contributed by atoms with E-state index in [4.69, 9.17) is 4.74 Å². The van der Waals surface area contributed by atoms with Gasteiger partial charge in [-0.3, -0.25) is 9.79 Å². The number of hydrogen-bond acceptors (Lipinski definition) is 3. The summed E-state index contributed by atoms with van der Waals surface area (Å²) >= 11 is 0. The number of likely N-dealkylation sites (tertiary alicyclic amines) is 1. The molecule has 2 rings (SSSR count). The Morgan fingerprint density at radius 3 is 2.74 bits per heavy atom. The van der Waals surface area contributed by atoms with E-state index in [1.54, 1.807) is 0 Å². The third-order valence-electron chi connectivity index (χ3n) is 4.45. The molecule has 0 aromatic rings. The number of ether oxygens (including phenoxy) is 1. The molecular formula is C16H31IN4O2. The summed E-state index contributed by atoms with van der Waals surface area (Å²) in [5, 5.41) is 6.27. The van der Waals surface area contributed by atoms with Crippen molar-refractivity contribution >= 4 is 35.8 Å². The Kier molecular flexibility index (Phi) is 8.60. The standard InChI is InChI=1S/C16H30N4O2.HI/c1-4-17-15(19-8-7-18-14(21)13(2)3)20-9-5-16(11-20)6-10-22-12-16;/h13H,4-12H2,1-3H3,(H,17,19)(H,18,21);1H. The van der Waals surface area contributed by atoms with Gasteiger partial charge in [0.15, 0.2) is 5.96 Å². The van der Waals surface area contributed by atoms with E-state index >= 15 is 0 Å². The summed E-state index contributed by atoms with van der Waals surface area (Å²) in [6.45, 7) is 11.8. The number of halogens is 1. The molecule has 0 radical (unpaired) electrons. The van der Waals surface area contributed by atoms with Gasteiger partial charge in [-0.05, 0) is 19.8 Å². The van der Waals surface area contributed by atoms with Crippen LogP contribution in [0.25, 0.3) is 0 Å². The van der Waals surface area contributed by atoms with Crippen molar-refractivity contribution in [1.29, 1.82) is 0 Å². The highest BCUT2D eigenvalue weighted by atomic mass is 127. The Morgan fingerprint density at radius 1 is 1.35 bits per heavy atom. The SMILES string of the molecule is CCNC(=NCCNC(=O)C(C)C)N1CCC2(CCOC2)C1.I. The number of carbonyl (C=O) groups is 1. The molecule has 0 aromatic heterocycles. The van der Waals surface area contributed by atoms with Crippen molar-refractivity contribution in [1.82, 2.24) is 15.5 Å². The largest absolute Gasteiger partial charge is 0.381 e. The summed E-state index contributed by atoms with van der Waals surface area (Å²) in [6, 6.07) is 0. The molecule has 7 heteroatoms. The van der Waals surface area contributed by atoms with Crippen LogP contribution in [-0.4, -0.2) is 62.7 Å². The van der Waals surface area contributed by atoms with Crippen LogP contribution < -0.4 is 10.6 Å². The average Bonchev–Trinajstić information content (AvgIpc) is 3.12. The molecular weight excluding hydrogens is 407 g/mol. The first-order valence-corrected chi connectivity index (χ1v) is 8.45. The third-order valence-corrected chi connectivity index (χ3v) is 4.45. The molecule has 0 bridgehead atoms. The lowest BCUT2D eigenvalue weighted by Gasteiger charge is -2.25. The van der Waals surface area contributed by atoms with Crippen LogP contribution in [-0.2, 0) is 9.53 Å². The topological polar surface area (TPSA) is 66.0 Å². The van der Waals surface area contributed by atoms with Gasteiger partial charge in [0.2, 0.25) is 5.91 Å². The summed E-state index contributed by atoms with van der Waals surface area (Å²) in [6.07, 6.45) is 2.34. The number of hydrogen-bond donors (Lipinski definition) is 2. The summed E-state index contributed by atoms with van der Waals surface area (Å²) in [5.74, 6) is 1.08. The molecule has 2 fully saturated rings. The molecule has 2 N–H and O–H groups in total. The minimum absolute atomic E-state index is 0. The lowest BCUT2D eigenvalue weighted by atomic mass is 9.87. The van der Waals surface area contributed by atoms with Gasteiger partial charge in [-0.15, -0.1) is 24.0 Å². The van der Waals surface area contributed by atoms with Crippen LogP contribution in [0.4, 0.5) is 0 Å². The van der Waals surface area contributed by atoms with E-state index in [9.17, 15) is 4.79 Å². The highest BCUT2D eigenvalue weighted by Crippen LogP contribution is 2.38. The van der Waals surface area contributed by atoms with Crippen LogP contribution in [0.3, 0.4) is 0 Å². The van der Waals surface area contributed by atoms with Crippen molar-refractivity contribution in [2.75, 3.05) is 45.9 Å². The maximum Gasteiger partial charge on any atom is 0.222 e. The Bertz CT molecular complexity index is 409. The number of aliphatic imine (C=N–C) groups is 1. The van der Waals surface area contributed by atoms with Gasteiger partial charge in [-0.1, -0.05) is 13.8 Å². The zero-order valence-electron chi connectivity index (χ0n) is 14.6. The van der Waals surface area contributed by atoms with Gasteiger partial charge in [-0.25, -0.2) is 0 Å². The highest BCUT2D eigenvalue weighted by molar-refractivity contribution is 14.0. The average molecular weight is 438 g/mol. The number of carbonyl (C=O) groups excluding carboxylic acids is 1. The number of amides is 1. The Morgan fingerprint density at radius 2 is 2.13 bits per heavy atom. The van der Waals surface area contributed by atoms with Gasteiger partial charge in [0.05, 0.1) is 13.2 Å². The molecule has 2 aliphatic rings. The second-order valence-corrected chi connectivity index (χ2v) is 6.66. The summed E-state index contributed by atoms with van der Waals surface area (Å²) in [5.41, 5.74) is 0.335. The molecule has 2 aliphatic heterocycles. The molecule has 0 saturated carbocycles. The fraction of sp³-hybridized carbons (Fsp3) is 0.875. The molecule has 2 heterocycles. The first kappa shape index (κ1) is 20.5. The predicted molar refractivity (Wildman–Crippen MR) is 103 cm³/mol. The van der Waals surface area contributed by atoms with Crippen molar-refractivity contribution in [3.8, 4) is 0 Å². The summed E-state index contributed by atoms with van der Waals surface area (Å²) < 4.78 is 5.58. The molecule has 2 saturated heterocycles. The van der Waals surface area contributed by atoms with Crippen LogP contribution in [0.15, 0.2) is 4.99 Å². The molecule has 1 amide bonds. The fourth-order valence-corrected chi connectivity index (χ4v) is 3.06. The molecule has 6 nitrogen and oxygen atoms in total. The van der Waals surface area contributed by atoms with E-state index < -0.39 is 0 Å². The second kappa shape index (κ2) is 9.66. The zero-order chi connectivity index (χ0) is 16.0. The minimum Gasteiger partial charge on any atom is -0.381 e. The smallest absolute Gasteiger partial charge is 0.222 e. The van der Waals surface area contributed by atoms with Crippen LogP contribution in [0.2, 0.25) is 0 Å². The van der Waals surface area contributed by atoms with Gasteiger partial charge in [-0.2, -0.15) is 0 Å². The minimum atomic E-state index is 0. The number of nitrogens with zero attached hydrogens (tertiary/aromatic N) is 2. The molecule has 23 heavy (non-hydrogen) atoms. The number of guanidine groups is 1. The van der Waals surface area contributed by atoms with Crippen LogP contribution in [0.1, 0.15) is 33.6 Å². The summed E-state index contributed by atoms with van der Waals surface area (Å²) in [7, 11) is 0. The molecule has 1 spiro atoms. The second-order valence-electron chi connectivity index (χ2n) is 6.66. The Balaban J connectivity index is 0.00000264. The van der Waals surface area contributed by atoms with E-state index in [0.717, 1.165) is 45.2 Å². The fourth-order valence-electron chi connectivity index (χ4n) is 3.06.